The van der Waals surface area contributed by atoms with Gasteiger partial charge >= 0.3 is 0 Å². The van der Waals surface area contributed by atoms with E-state index in [1.807, 2.05) is 0 Å². The number of rotatable bonds is 3. The number of hydrazine groups is 1. The van der Waals surface area contributed by atoms with Gasteiger partial charge in [0.15, 0.2) is 0 Å². The summed E-state index contributed by atoms with van der Waals surface area (Å²) in [5.74, 6) is 4.50. The summed E-state index contributed by atoms with van der Waals surface area (Å²) in [7, 11) is 0. The zero-order chi connectivity index (χ0) is 13.1. The fourth-order valence-electron chi connectivity index (χ4n) is 1.36. The quantitative estimate of drug-likeness (QED) is 0.462. The fourth-order valence-corrected chi connectivity index (χ4v) is 1.68. The second kappa shape index (κ2) is 5.28. The molecule has 0 unspecified atom stereocenters. The SMILES string of the molecule is NNc1cc(Nc2cc(F)c(Br)cc2F)ccn1. The van der Waals surface area contributed by atoms with Crippen molar-refractivity contribution in [2.75, 3.05) is 10.7 Å². The molecule has 0 radical (unpaired) electrons. The Kier molecular flexibility index (Phi) is 3.73. The number of nitrogens with two attached hydrogens (primary N) is 1. The maximum atomic E-state index is 13.6. The molecule has 94 valence electrons. The molecule has 1 heterocycles. The zero-order valence-electron chi connectivity index (χ0n) is 9.05. The van der Waals surface area contributed by atoms with Crippen molar-refractivity contribution in [1.29, 1.82) is 0 Å². The Balaban J connectivity index is 2.30. The van der Waals surface area contributed by atoms with Crippen LogP contribution in [0.15, 0.2) is 34.9 Å². The molecule has 0 saturated carbocycles. The Bertz CT molecular complexity index is 577. The topological polar surface area (TPSA) is 63.0 Å². The molecular formula is C11H9BrF2N4. The van der Waals surface area contributed by atoms with Crippen molar-refractivity contribution in [2.24, 2.45) is 5.84 Å². The molecule has 4 N–H and O–H groups in total. The zero-order valence-corrected chi connectivity index (χ0v) is 10.6. The number of halogens is 3. The molecule has 0 spiro atoms. The van der Waals surface area contributed by atoms with Gasteiger partial charge in [0.25, 0.3) is 0 Å². The third-order valence-electron chi connectivity index (χ3n) is 2.20. The molecule has 1 aromatic carbocycles. The van der Waals surface area contributed by atoms with Crippen LogP contribution in [-0.2, 0) is 0 Å². The first-order valence-corrected chi connectivity index (χ1v) is 5.73. The van der Waals surface area contributed by atoms with E-state index in [1.165, 1.54) is 6.20 Å². The van der Waals surface area contributed by atoms with Crippen LogP contribution < -0.4 is 16.6 Å². The summed E-state index contributed by atoms with van der Waals surface area (Å²) in [6.45, 7) is 0. The van der Waals surface area contributed by atoms with Gasteiger partial charge < -0.3 is 10.7 Å². The molecule has 0 amide bonds. The summed E-state index contributed by atoms with van der Waals surface area (Å²) in [6, 6.07) is 5.30. The maximum Gasteiger partial charge on any atom is 0.147 e. The smallest absolute Gasteiger partial charge is 0.147 e. The third-order valence-corrected chi connectivity index (χ3v) is 2.80. The molecule has 2 rings (SSSR count). The number of benzene rings is 1. The Hall–Kier alpha value is -1.73. The minimum Gasteiger partial charge on any atom is -0.353 e. The number of nitrogen functional groups attached to an aromatic ring is 1. The van der Waals surface area contributed by atoms with E-state index >= 15 is 0 Å². The largest absolute Gasteiger partial charge is 0.353 e. The van der Waals surface area contributed by atoms with Gasteiger partial charge in [-0.15, -0.1) is 0 Å². The van der Waals surface area contributed by atoms with Crippen LogP contribution in [0, 0.1) is 11.6 Å². The van der Waals surface area contributed by atoms with E-state index in [1.54, 1.807) is 12.1 Å². The molecule has 0 saturated heterocycles. The average Bonchev–Trinajstić information content (AvgIpc) is 2.36. The standard InChI is InChI=1S/C11H9BrF2N4/c12-7-4-9(14)10(5-8(7)13)17-6-1-2-16-11(3-6)18-15/h1-5H,15H2,(H2,16,17,18). The molecule has 0 atom stereocenters. The second-order valence-corrected chi connectivity index (χ2v) is 4.30. The van der Waals surface area contributed by atoms with E-state index in [4.69, 9.17) is 5.84 Å². The molecule has 1 aromatic heterocycles. The van der Waals surface area contributed by atoms with Gasteiger partial charge in [-0.25, -0.2) is 19.6 Å². The van der Waals surface area contributed by atoms with Crippen LogP contribution in [0.1, 0.15) is 0 Å². The van der Waals surface area contributed by atoms with Gasteiger partial charge in [-0.2, -0.15) is 0 Å². The van der Waals surface area contributed by atoms with Crippen molar-refractivity contribution in [3.05, 3.63) is 46.6 Å². The lowest BCUT2D eigenvalue weighted by atomic mass is 10.2. The van der Waals surface area contributed by atoms with Gasteiger partial charge in [0.2, 0.25) is 0 Å². The highest BCUT2D eigenvalue weighted by atomic mass is 79.9. The average molecular weight is 315 g/mol. The van der Waals surface area contributed by atoms with Gasteiger partial charge in [0.1, 0.15) is 17.5 Å². The lowest BCUT2D eigenvalue weighted by Gasteiger charge is -2.09. The predicted octanol–water partition coefficient (Wildman–Crippen LogP) is 3.15. The number of hydrogen-bond acceptors (Lipinski definition) is 4. The lowest BCUT2D eigenvalue weighted by Crippen LogP contribution is -2.08. The van der Waals surface area contributed by atoms with Crippen LogP contribution in [0.3, 0.4) is 0 Å². The Morgan fingerprint density at radius 1 is 1.17 bits per heavy atom. The molecular weight excluding hydrogens is 306 g/mol. The van der Waals surface area contributed by atoms with Crippen LogP contribution in [0.4, 0.5) is 26.0 Å². The van der Waals surface area contributed by atoms with E-state index in [9.17, 15) is 8.78 Å². The second-order valence-electron chi connectivity index (χ2n) is 3.45. The highest BCUT2D eigenvalue weighted by Crippen LogP contribution is 2.26. The first-order chi connectivity index (χ1) is 8.60. The Morgan fingerprint density at radius 3 is 2.67 bits per heavy atom. The maximum absolute atomic E-state index is 13.6. The van der Waals surface area contributed by atoms with E-state index < -0.39 is 11.6 Å². The molecule has 0 bridgehead atoms. The molecule has 18 heavy (non-hydrogen) atoms. The van der Waals surface area contributed by atoms with Gasteiger partial charge in [0.05, 0.1) is 10.2 Å². The van der Waals surface area contributed by atoms with Crippen molar-refractivity contribution >= 4 is 33.1 Å². The number of hydrogen-bond donors (Lipinski definition) is 3. The van der Waals surface area contributed by atoms with Crippen LogP contribution in [0.25, 0.3) is 0 Å². The van der Waals surface area contributed by atoms with Gasteiger partial charge in [-0.3, -0.25) is 0 Å². The number of pyridine rings is 1. The first-order valence-electron chi connectivity index (χ1n) is 4.94. The number of anilines is 3. The van der Waals surface area contributed by atoms with Gasteiger partial charge in [-0.1, -0.05) is 0 Å². The van der Waals surface area contributed by atoms with E-state index in [0.29, 0.717) is 11.5 Å². The van der Waals surface area contributed by atoms with Crippen LogP contribution in [-0.4, -0.2) is 4.98 Å². The molecule has 4 nitrogen and oxygen atoms in total. The molecule has 0 aliphatic carbocycles. The normalized spacial score (nSPS) is 10.2. The van der Waals surface area contributed by atoms with Crippen LogP contribution in [0.2, 0.25) is 0 Å². The number of nitrogens with zero attached hydrogens (tertiary/aromatic N) is 1. The van der Waals surface area contributed by atoms with Gasteiger partial charge in [0, 0.05) is 24.0 Å². The van der Waals surface area contributed by atoms with Crippen molar-refractivity contribution in [1.82, 2.24) is 4.98 Å². The summed E-state index contributed by atoms with van der Waals surface area (Å²) >= 11 is 2.91. The summed E-state index contributed by atoms with van der Waals surface area (Å²) in [5, 5.41) is 2.74. The van der Waals surface area contributed by atoms with E-state index in [0.717, 1.165) is 12.1 Å². The highest BCUT2D eigenvalue weighted by Gasteiger charge is 2.08. The Labute approximate surface area is 110 Å². The van der Waals surface area contributed by atoms with Gasteiger partial charge in [-0.05, 0) is 28.1 Å². The minimum absolute atomic E-state index is 0.0323. The van der Waals surface area contributed by atoms with Crippen molar-refractivity contribution in [3.8, 4) is 0 Å². The third kappa shape index (κ3) is 2.74. The predicted molar refractivity (Wildman–Crippen MR) is 69.4 cm³/mol. The van der Waals surface area contributed by atoms with Crippen molar-refractivity contribution in [3.63, 3.8) is 0 Å². The fraction of sp³-hybridized carbons (Fsp3) is 0. The summed E-state index contributed by atoms with van der Waals surface area (Å²) < 4.78 is 27.0. The van der Waals surface area contributed by atoms with E-state index in [2.05, 4.69) is 31.7 Å². The monoisotopic (exact) mass is 314 g/mol. The highest BCUT2D eigenvalue weighted by molar-refractivity contribution is 9.10. The lowest BCUT2D eigenvalue weighted by molar-refractivity contribution is 0.598. The molecule has 0 aliphatic rings. The number of aromatic nitrogens is 1. The summed E-state index contributed by atoms with van der Waals surface area (Å²) in [6.07, 6.45) is 1.49. The minimum atomic E-state index is -0.567. The summed E-state index contributed by atoms with van der Waals surface area (Å²) in [5.41, 5.74) is 2.93. The molecule has 0 fully saturated rings. The van der Waals surface area contributed by atoms with Crippen molar-refractivity contribution in [2.45, 2.75) is 0 Å². The van der Waals surface area contributed by atoms with Crippen LogP contribution >= 0.6 is 15.9 Å². The first kappa shape index (κ1) is 12.7. The van der Waals surface area contributed by atoms with Crippen molar-refractivity contribution < 1.29 is 8.78 Å². The van der Waals surface area contributed by atoms with E-state index in [-0.39, 0.29) is 10.2 Å². The summed E-state index contributed by atoms with van der Waals surface area (Å²) in [4.78, 5) is 3.90. The van der Waals surface area contributed by atoms with Crippen LogP contribution in [0.5, 0.6) is 0 Å². The Morgan fingerprint density at radius 2 is 1.94 bits per heavy atom. The molecule has 0 aliphatic heterocycles. The number of nitrogens with one attached hydrogen (secondary N) is 2. The molecule has 7 heteroatoms. The molecule has 2 aromatic rings.